The van der Waals surface area contributed by atoms with Crippen molar-refractivity contribution in [1.82, 2.24) is 5.32 Å². The SMILES string of the molecule is C[C@H](NC(=O)[C@@H]1CC[C@H]1C(=O)O)c1ccc2ccccc2c1. The monoisotopic (exact) mass is 297 g/mol. The largest absolute Gasteiger partial charge is 0.481 e. The first-order chi connectivity index (χ1) is 10.6. The second-order valence-corrected chi connectivity index (χ2v) is 5.97. The summed E-state index contributed by atoms with van der Waals surface area (Å²) in [6.45, 7) is 1.93. The number of hydrogen-bond acceptors (Lipinski definition) is 2. The third-order valence-electron chi connectivity index (χ3n) is 4.56. The Morgan fingerprint density at radius 3 is 2.41 bits per heavy atom. The molecule has 0 aromatic heterocycles. The number of fused-ring (bicyclic) bond motifs is 1. The number of carboxylic acid groups (broad SMARTS) is 1. The number of carbonyl (C=O) groups is 2. The Bertz CT molecular complexity index is 725. The number of carbonyl (C=O) groups excluding carboxylic acids is 1. The molecule has 1 fully saturated rings. The summed E-state index contributed by atoms with van der Waals surface area (Å²) in [5.74, 6) is -1.94. The lowest BCUT2D eigenvalue weighted by molar-refractivity contribution is -0.152. The summed E-state index contributed by atoms with van der Waals surface area (Å²) in [5.41, 5.74) is 1.03. The molecule has 0 bridgehead atoms. The highest BCUT2D eigenvalue weighted by molar-refractivity contribution is 5.87. The van der Waals surface area contributed by atoms with Gasteiger partial charge in [-0.3, -0.25) is 9.59 Å². The molecule has 2 N–H and O–H groups in total. The second kappa shape index (κ2) is 5.79. The van der Waals surface area contributed by atoms with Crippen molar-refractivity contribution >= 4 is 22.6 Å². The summed E-state index contributed by atoms with van der Waals surface area (Å²) >= 11 is 0. The Labute approximate surface area is 129 Å². The molecule has 1 aliphatic carbocycles. The van der Waals surface area contributed by atoms with Gasteiger partial charge in [-0.05, 0) is 42.2 Å². The molecule has 0 spiro atoms. The summed E-state index contributed by atoms with van der Waals surface area (Å²) < 4.78 is 0. The van der Waals surface area contributed by atoms with Crippen LogP contribution in [0.1, 0.15) is 31.4 Å². The molecule has 0 aliphatic heterocycles. The third-order valence-corrected chi connectivity index (χ3v) is 4.56. The van der Waals surface area contributed by atoms with E-state index in [-0.39, 0.29) is 17.9 Å². The molecule has 2 aromatic rings. The van der Waals surface area contributed by atoms with E-state index in [0.717, 1.165) is 16.3 Å². The fourth-order valence-corrected chi connectivity index (χ4v) is 2.99. The standard InChI is InChI=1S/C18H19NO3/c1-11(19-17(20)15-8-9-16(15)18(21)22)13-7-6-12-4-2-3-5-14(12)10-13/h2-7,10-11,15-16H,8-9H2,1H3,(H,19,20)(H,21,22)/t11-,15+,16+/m0/s1. The van der Waals surface area contributed by atoms with Crippen LogP contribution in [-0.4, -0.2) is 17.0 Å². The van der Waals surface area contributed by atoms with Crippen molar-refractivity contribution in [2.45, 2.75) is 25.8 Å². The molecule has 4 nitrogen and oxygen atoms in total. The summed E-state index contributed by atoms with van der Waals surface area (Å²) in [4.78, 5) is 23.2. The Balaban J connectivity index is 1.71. The lowest BCUT2D eigenvalue weighted by Gasteiger charge is -2.33. The highest BCUT2D eigenvalue weighted by Crippen LogP contribution is 2.35. The van der Waals surface area contributed by atoms with Crippen molar-refractivity contribution < 1.29 is 14.7 Å². The topological polar surface area (TPSA) is 66.4 Å². The van der Waals surface area contributed by atoms with E-state index < -0.39 is 11.9 Å². The van der Waals surface area contributed by atoms with Crippen LogP contribution in [-0.2, 0) is 9.59 Å². The number of amides is 1. The van der Waals surface area contributed by atoms with Gasteiger partial charge in [-0.15, -0.1) is 0 Å². The van der Waals surface area contributed by atoms with Crippen LogP contribution in [0.2, 0.25) is 0 Å². The van der Waals surface area contributed by atoms with E-state index in [0.29, 0.717) is 12.8 Å². The Hall–Kier alpha value is -2.36. The molecule has 2 aromatic carbocycles. The van der Waals surface area contributed by atoms with Crippen LogP contribution >= 0.6 is 0 Å². The molecule has 0 unspecified atom stereocenters. The van der Waals surface area contributed by atoms with Crippen LogP contribution in [0.15, 0.2) is 42.5 Å². The molecule has 1 aliphatic rings. The van der Waals surface area contributed by atoms with E-state index in [1.165, 1.54) is 0 Å². The van der Waals surface area contributed by atoms with E-state index >= 15 is 0 Å². The fourth-order valence-electron chi connectivity index (χ4n) is 2.99. The van der Waals surface area contributed by atoms with Crippen molar-refractivity contribution in [3.8, 4) is 0 Å². The number of benzene rings is 2. The quantitative estimate of drug-likeness (QED) is 0.911. The van der Waals surface area contributed by atoms with Crippen LogP contribution < -0.4 is 5.32 Å². The summed E-state index contributed by atoms with van der Waals surface area (Å²) in [5, 5.41) is 14.3. The van der Waals surface area contributed by atoms with Crippen molar-refractivity contribution in [3.63, 3.8) is 0 Å². The molecule has 4 heteroatoms. The molecule has 22 heavy (non-hydrogen) atoms. The van der Waals surface area contributed by atoms with Gasteiger partial charge in [0.25, 0.3) is 0 Å². The zero-order valence-corrected chi connectivity index (χ0v) is 12.5. The lowest BCUT2D eigenvalue weighted by Crippen LogP contribution is -2.44. The number of nitrogens with one attached hydrogen (secondary N) is 1. The van der Waals surface area contributed by atoms with Crippen molar-refractivity contribution in [1.29, 1.82) is 0 Å². The molecular weight excluding hydrogens is 278 g/mol. The zero-order chi connectivity index (χ0) is 15.7. The van der Waals surface area contributed by atoms with E-state index in [1.54, 1.807) is 0 Å². The maximum atomic E-state index is 12.2. The van der Waals surface area contributed by atoms with Gasteiger partial charge in [-0.25, -0.2) is 0 Å². The molecule has 0 heterocycles. The van der Waals surface area contributed by atoms with Crippen LogP contribution in [0.5, 0.6) is 0 Å². The third kappa shape index (κ3) is 2.69. The van der Waals surface area contributed by atoms with Crippen LogP contribution in [0.4, 0.5) is 0 Å². The summed E-state index contributed by atoms with van der Waals surface area (Å²) in [7, 11) is 0. The molecule has 1 amide bonds. The molecular formula is C18H19NO3. The maximum absolute atomic E-state index is 12.2. The molecule has 114 valence electrons. The second-order valence-electron chi connectivity index (χ2n) is 5.97. The van der Waals surface area contributed by atoms with E-state index in [1.807, 2.05) is 43.3 Å². The van der Waals surface area contributed by atoms with E-state index in [9.17, 15) is 9.59 Å². The van der Waals surface area contributed by atoms with Gasteiger partial charge in [0.15, 0.2) is 0 Å². The Kier molecular flexibility index (Phi) is 3.84. The number of aliphatic carboxylic acids is 1. The number of hydrogen-bond donors (Lipinski definition) is 2. The maximum Gasteiger partial charge on any atom is 0.307 e. The minimum Gasteiger partial charge on any atom is -0.481 e. The minimum absolute atomic E-state index is 0.132. The van der Waals surface area contributed by atoms with Crippen LogP contribution in [0.3, 0.4) is 0 Å². The Morgan fingerprint density at radius 2 is 1.77 bits per heavy atom. The summed E-state index contributed by atoms with van der Waals surface area (Å²) in [6, 6.07) is 14.0. The molecule has 3 atom stereocenters. The first-order valence-corrected chi connectivity index (χ1v) is 7.58. The van der Waals surface area contributed by atoms with Crippen LogP contribution in [0.25, 0.3) is 10.8 Å². The normalized spacial score (nSPS) is 21.9. The average Bonchev–Trinajstić information content (AvgIpc) is 2.44. The summed E-state index contributed by atoms with van der Waals surface area (Å²) in [6.07, 6.45) is 1.25. The van der Waals surface area contributed by atoms with Crippen molar-refractivity contribution in [2.24, 2.45) is 11.8 Å². The van der Waals surface area contributed by atoms with E-state index in [2.05, 4.69) is 11.4 Å². The fraction of sp³-hybridized carbons (Fsp3) is 0.333. The van der Waals surface area contributed by atoms with Gasteiger partial charge < -0.3 is 10.4 Å². The lowest BCUT2D eigenvalue weighted by atomic mass is 9.73. The van der Waals surface area contributed by atoms with Gasteiger partial charge in [-0.2, -0.15) is 0 Å². The molecule has 3 rings (SSSR count). The zero-order valence-electron chi connectivity index (χ0n) is 12.5. The van der Waals surface area contributed by atoms with Crippen molar-refractivity contribution in [2.75, 3.05) is 0 Å². The van der Waals surface area contributed by atoms with Gasteiger partial charge in [0, 0.05) is 0 Å². The molecule has 0 saturated heterocycles. The van der Waals surface area contributed by atoms with Gasteiger partial charge in [0.05, 0.1) is 17.9 Å². The Morgan fingerprint density at radius 1 is 1.09 bits per heavy atom. The van der Waals surface area contributed by atoms with E-state index in [4.69, 9.17) is 5.11 Å². The van der Waals surface area contributed by atoms with Gasteiger partial charge >= 0.3 is 5.97 Å². The molecule has 0 radical (unpaired) electrons. The van der Waals surface area contributed by atoms with Gasteiger partial charge in [-0.1, -0.05) is 36.4 Å². The minimum atomic E-state index is -0.871. The average molecular weight is 297 g/mol. The predicted octanol–water partition coefficient (Wildman–Crippen LogP) is 3.13. The highest BCUT2D eigenvalue weighted by atomic mass is 16.4. The van der Waals surface area contributed by atoms with Gasteiger partial charge in [0.2, 0.25) is 5.91 Å². The van der Waals surface area contributed by atoms with Crippen LogP contribution in [0, 0.1) is 11.8 Å². The number of rotatable bonds is 4. The van der Waals surface area contributed by atoms with Gasteiger partial charge in [0.1, 0.15) is 0 Å². The van der Waals surface area contributed by atoms with Crippen molar-refractivity contribution in [3.05, 3.63) is 48.0 Å². The predicted molar refractivity (Wildman–Crippen MR) is 84.4 cm³/mol. The smallest absolute Gasteiger partial charge is 0.307 e. The molecule has 1 saturated carbocycles. The number of carboxylic acids is 1. The first kappa shape index (κ1) is 14.6. The highest BCUT2D eigenvalue weighted by Gasteiger charge is 2.41. The first-order valence-electron chi connectivity index (χ1n) is 7.58.